The van der Waals surface area contributed by atoms with E-state index in [1.807, 2.05) is 44.2 Å². The van der Waals surface area contributed by atoms with E-state index in [1.165, 1.54) is 11.9 Å². The van der Waals surface area contributed by atoms with E-state index < -0.39 is 5.60 Å². The molecule has 0 aliphatic carbocycles. The quantitative estimate of drug-likeness (QED) is 0.352. The van der Waals surface area contributed by atoms with Gasteiger partial charge < -0.3 is 24.7 Å². The molecule has 1 heterocycles. The summed E-state index contributed by atoms with van der Waals surface area (Å²) in [6, 6.07) is 16.3. The third-order valence-corrected chi connectivity index (χ3v) is 6.32. The normalized spacial score (nSPS) is 16.0. The van der Waals surface area contributed by atoms with Crippen LogP contribution < -0.4 is 15.2 Å². The fourth-order valence-corrected chi connectivity index (χ4v) is 4.41. The van der Waals surface area contributed by atoms with Gasteiger partial charge in [0.15, 0.2) is 5.60 Å². The predicted molar refractivity (Wildman–Crippen MR) is 138 cm³/mol. The Morgan fingerprint density at radius 3 is 1.85 bits per heavy atom. The molecule has 0 amide bonds. The van der Waals surface area contributed by atoms with Gasteiger partial charge in [-0.15, -0.1) is 0 Å². The second kappa shape index (κ2) is 12.3. The van der Waals surface area contributed by atoms with Crippen molar-refractivity contribution in [3.05, 3.63) is 70.8 Å². The van der Waals surface area contributed by atoms with Gasteiger partial charge in [0.2, 0.25) is 0 Å². The number of hydrogen-bond acceptors (Lipinski definition) is 8. The Labute approximate surface area is 207 Å². The molecule has 0 radical (unpaired) electrons. The lowest BCUT2D eigenvalue weighted by Gasteiger charge is -2.40. The Bertz CT molecular complexity index is 916. The number of benzene rings is 2. The van der Waals surface area contributed by atoms with E-state index in [9.17, 15) is 0 Å². The van der Waals surface area contributed by atoms with E-state index in [-0.39, 0.29) is 6.04 Å². The summed E-state index contributed by atoms with van der Waals surface area (Å²) in [6.07, 6.45) is 1.92. The van der Waals surface area contributed by atoms with Gasteiger partial charge in [-0.25, -0.2) is 4.31 Å². The van der Waals surface area contributed by atoms with Crippen molar-refractivity contribution in [1.82, 2.24) is 4.31 Å². The Morgan fingerprint density at radius 1 is 1.00 bits per heavy atom. The predicted octanol–water partition coefficient (Wildman–Crippen LogP) is 4.42. The van der Waals surface area contributed by atoms with Crippen LogP contribution in [0.1, 0.15) is 25.0 Å². The average Bonchev–Trinajstić information content (AvgIpc) is 2.79. The summed E-state index contributed by atoms with van der Waals surface area (Å²) in [5, 5.41) is 0.643. The van der Waals surface area contributed by atoms with Gasteiger partial charge in [0, 0.05) is 26.2 Å². The number of nitrogens with zero attached hydrogens (tertiary/aromatic N) is 2. The molecule has 0 aromatic heterocycles. The third-order valence-electron chi connectivity index (χ3n) is 5.47. The molecule has 1 aliphatic heterocycles. The molecule has 184 valence electrons. The van der Waals surface area contributed by atoms with E-state index >= 15 is 0 Å². The van der Waals surface area contributed by atoms with Crippen molar-refractivity contribution in [2.75, 3.05) is 34.5 Å². The molecule has 1 fully saturated rings. The van der Waals surface area contributed by atoms with Gasteiger partial charge in [-0.1, -0.05) is 24.3 Å². The van der Waals surface area contributed by atoms with Crippen LogP contribution in [0.25, 0.3) is 0 Å². The lowest BCUT2D eigenvalue weighted by atomic mass is 9.94. The Morgan fingerprint density at radius 2 is 1.50 bits per heavy atom. The molecule has 7 nitrogen and oxygen atoms in total. The number of ether oxygens (including phenoxy) is 4. The van der Waals surface area contributed by atoms with Crippen molar-refractivity contribution < 1.29 is 18.9 Å². The number of methoxy groups -OCH3 is 3. The number of nitrogens with two attached hydrogens (primary N) is 1. The van der Waals surface area contributed by atoms with Crippen LogP contribution in [0.15, 0.2) is 64.6 Å². The number of aliphatic imine (C=N–C) groups is 1. The summed E-state index contributed by atoms with van der Waals surface area (Å²) >= 11 is 1.50. The van der Waals surface area contributed by atoms with Crippen molar-refractivity contribution in [3.63, 3.8) is 0 Å². The topological polar surface area (TPSA) is 78.5 Å². The molecular formula is C26H35N3O4S. The summed E-state index contributed by atoms with van der Waals surface area (Å²) in [5.74, 6) is 1.67. The Kier molecular flexibility index (Phi) is 9.41. The highest BCUT2D eigenvalue weighted by Crippen LogP contribution is 2.29. The maximum Gasteiger partial charge on any atom is 0.155 e. The lowest BCUT2D eigenvalue weighted by Crippen LogP contribution is -2.57. The molecule has 2 N–H and O–H groups in total. The summed E-state index contributed by atoms with van der Waals surface area (Å²) in [4.78, 5) is 4.79. The van der Waals surface area contributed by atoms with E-state index in [0.717, 1.165) is 28.3 Å². The van der Waals surface area contributed by atoms with Gasteiger partial charge in [0.25, 0.3) is 0 Å². The minimum atomic E-state index is -0.535. The summed E-state index contributed by atoms with van der Waals surface area (Å²) in [6.45, 7) is 6.43. The van der Waals surface area contributed by atoms with Crippen molar-refractivity contribution in [2.24, 2.45) is 10.7 Å². The molecule has 0 bridgehead atoms. The summed E-state index contributed by atoms with van der Waals surface area (Å²) < 4.78 is 24.0. The van der Waals surface area contributed by atoms with Gasteiger partial charge in [-0.2, -0.15) is 0 Å². The molecule has 2 aromatic rings. The first kappa shape index (κ1) is 26.1. The number of rotatable bonds is 12. The van der Waals surface area contributed by atoms with Crippen LogP contribution in [0.2, 0.25) is 0 Å². The lowest BCUT2D eigenvalue weighted by molar-refractivity contribution is -0.152. The van der Waals surface area contributed by atoms with Gasteiger partial charge in [-0.05, 0) is 67.3 Å². The molecule has 0 spiro atoms. The molecule has 34 heavy (non-hydrogen) atoms. The zero-order valence-corrected chi connectivity index (χ0v) is 21.4. The zero-order chi connectivity index (χ0) is 24.6. The second-order valence-electron chi connectivity index (χ2n) is 8.43. The van der Waals surface area contributed by atoms with Crippen LogP contribution in [0, 0.1) is 0 Å². The minimum Gasteiger partial charge on any atom is -0.497 e. The van der Waals surface area contributed by atoms with Crippen molar-refractivity contribution in [1.29, 1.82) is 0 Å². The first-order chi connectivity index (χ1) is 16.4. The molecule has 1 aliphatic rings. The first-order valence-corrected chi connectivity index (χ1v) is 12.0. The highest BCUT2D eigenvalue weighted by atomic mass is 32.2. The Balaban J connectivity index is 1.82. The molecule has 0 unspecified atom stereocenters. The second-order valence-corrected chi connectivity index (χ2v) is 9.60. The number of hydrogen-bond donors (Lipinski definition) is 1. The first-order valence-electron chi connectivity index (χ1n) is 11.2. The van der Waals surface area contributed by atoms with Crippen LogP contribution in [0.5, 0.6) is 11.5 Å². The van der Waals surface area contributed by atoms with Crippen LogP contribution in [0.4, 0.5) is 0 Å². The van der Waals surface area contributed by atoms with Gasteiger partial charge in [0.1, 0.15) is 11.5 Å². The van der Waals surface area contributed by atoms with E-state index in [1.54, 1.807) is 21.3 Å². The highest BCUT2D eigenvalue weighted by Gasteiger charge is 2.43. The van der Waals surface area contributed by atoms with Gasteiger partial charge in [0.05, 0.1) is 38.2 Å². The molecule has 0 saturated carbocycles. The van der Waals surface area contributed by atoms with E-state index in [4.69, 9.17) is 29.7 Å². The fraction of sp³-hybridized carbons (Fsp3) is 0.423. The van der Waals surface area contributed by atoms with Gasteiger partial charge in [-0.3, -0.25) is 4.99 Å². The summed E-state index contributed by atoms with van der Waals surface area (Å²) in [7, 11) is 5.03. The average molecular weight is 486 g/mol. The smallest absolute Gasteiger partial charge is 0.155 e. The van der Waals surface area contributed by atoms with Gasteiger partial charge >= 0.3 is 0 Å². The molecule has 0 atom stereocenters. The fourth-order valence-electron chi connectivity index (χ4n) is 3.52. The maximum atomic E-state index is 6.55. The minimum absolute atomic E-state index is 0.117. The molecule has 1 saturated heterocycles. The van der Waals surface area contributed by atoms with E-state index in [2.05, 4.69) is 28.6 Å². The highest BCUT2D eigenvalue weighted by molar-refractivity contribution is 8.00. The van der Waals surface area contributed by atoms with Crippen molar-refractivity contribution in [2.45, 2.75) is 38.6 Å². The zero-order valence-electron chi connectivity index (χ0n) is 20.6. The SMILES string of the molecule is COc1ccc(CN(Cc2ccc(OC)cc2)S/C(N)=C/C(=NC(C)C)C2(OC)COC2)cc1. The van der Waals surface area contributed by atoms with Crippen LogP contribution >= 0.6 is 11.9 Å². The van der Waals surface area contributed by atoms with Crippen LogP contribution in [0.3, 0.4) is 0 Å². The van der Waals surface area contributed by atoms with Crippen molar-refractivity contribution in [3.8, 4) is 11.5 Å². The van der Waals surface area contributed by atoms with Crippen LogP contribution in [-0.2, 0) is 22.6 Å². The molecule has 2 aromatic carbocycles. The Hall–Kier alpha value is -2.52. The van der Waals surface area contributed by atoms with E-state index in [0.29, 0.717) is 31.3 Å². The maximum absolute atomic E-state index is 6.55. The van der Waals surface area contributed by atoms with Crippen LogP contribution in [-0.4, -0.2) is 56.2 Å². The largest absolute Gasteiger partial charge is 0.497 e. The van der Waals surface area contributed by atoms with Crippen molar-refractivity contribution >= 4 is 17.7 Å². The molecule has 3 rings (SSSR count). The summed E-state index contributed by atoms with van der Waals surface area (Å²) in [5.41, 5.74) is 9.14. The molecule has 8 heteroatoms. The standard InChI is InChI=1S/C26H35N3O4S/c1-19(2)28-24(26(32-5)17-33-18-26)14-25(27)34-29(15-20-6-10-22(30-3)11-7-20)16-21-8-12-23(31-4)13-9-21/h6-14,19H,15-18,27H2,1-5H3/b25-14+,28-24?. The third kappa shape index (κ3) is 6.99. The molecular weight excluding hydrogens is 450 g/mol. The monoisotopic (exact) mass is 485 g/mol.